The summed E-state index contributed by atoms with van der Waals surface area (Å²) in [6.07, 6.45) is 1.60. The normalized spacial score (nSPS) is 11.0. The molecule has 6 heteroatoms. The number of hydrogen-bond donors (Lipinski definition) is 1. The molecule has 1 N–H and O–H groups in total. The molecular formula is C19H15FN4O. The second-order valence-electron chi connectivity index (χ2n) is 5.72. The van der Waals surface area contributed by atoms with Gasteiger partial charge >= 0.3 is 0 Å². The third-order valence-electron chi connectivity index (χ3n) is 4.09. The Balaban J connectivity index is 1.87. The van der Waals surface area contributed by atoms with Gasteiger partial charge in [0, 0.05) is 11.1 Å². The molecule has 0 atom stereocenters. The first-order valence-electron chi connectivity index (χ1n) is 7.78. The molecule has 2 heterocycles. The molecule has 2 aromatic heterocycles. The van der Waals surface area contributed by atoms with Gasteiger partial charge in [0.05, 0.1) is 24.7 Å². The number of aromatic amines is 1. The predicted molar refractivity (Wildman–Crippen MR) is 93.8 cm³/mol. The summed E-state index contributed by atoms with van der Waals surface area (Å²) in [5, 5.41) is 7.24. The zero-order chi connectivity index (χ0) is 17.4. The monoisotopic (exact) mass is 334 g/mol. The number of fused-ring (bicyclic) bond motifs is 1. The zero-order valence-corrected chi connectivity index (χ0v) is 13.7. The van der Waals surface area contributed by atoms with Crippen LogP contribution in [0, 0.1) is 12.7 Å². The maximum Gasteiger partial charge on any atom is 0.200 e. The van der Waals surface area contributed by atoms with Crippen LogP contribution in [0.25, 0.3) is 33.7 Å². The van der Waals surface area contributed by atoms with E-state index in [1.54, 1.807) is 25.4 Å². The molecule has 5 nitrogen and oxygen atoms in total. The smallest absolute Gasteiger partial charge is 0.200 e. The van der Waals surface area contributed by atoms with E-state index in [0.29, 0.717) is 22.4 Å². The molecule has 0 amide bonds. The quantitative estimate of drug-likeness (QED) is 0.611. The number of methoxy groups -OCH3 is 1. The van der Waals surface area contributed by atoms with Crippen molar-refractivity contribution in [1.82, 2.24) is 20.2 Å². The Kier molecular flexibility index (Phi) is 3.65. The van der Waals surface area contributed by atoms with Crippen LogP contribution >= 0.6 is 0 Å². The van der Waals surface area contributed by atoms with Crippen molar-refractivity contribution in [2.45, 2.75) is 6.92 Å². The molecule has 0 radical (unpaired) electrons. The largest absolute Gasteiger partial charge is 0.497 e. The number of hydrogen-bond acceptors (Lipinski definition) is 4. The number of aromatic nitrogens is 4. The fourth-order valence-electron chi connectivity index (χ4n) is 2.81. The lowest BCUT2D eigenvalue weighted by Crippen LogP contribution is -1.91. The summed E-state index contributed by atoms with van der Waals surface area (Å²) in [5.74, 6) is 0.481. The SMILES string of the molecule is COc1ccc(-c2[nH]nc3ncc(-c4cccc(F)c4)nc23)c(C)c1. The number of nitrogens with one attached hydrogen (secondary N) is 1. The van der Waals surface area contributed by atoms with E-state index in [4.69, 9.17) is 4.74 Å². The fourth-order valence-corrected chi connectivity index (χ4v) is 2.81. The van der Waals surface area contributed by atoms with Crippen LogP contribution in [-0.2, 0) is 0 Å². The van der Waals surface area contributed by atoms with Crippen LogP contribution in [0.1, 0.15) is 5.56 Å². The average molecular weight is 334 g/mol. The minimum Gasteiger partial charge on any atom is -0.497 e. The molecule has 4 rings (SSSR count). The molecule has 0 aliphatic heterocycles. The van der Waals surface area contributed by atoms with Gasteiger partial charge in [-0.15, -0.1) is 0 Å². The number of halogens is 1. The molecule has 0 saturated heterocycles. The van der Waals surface area contributed by atoms with Gasteiger partial charge in [-0.2, -0.15) is 5.10 Å². The summed E-state index contributed by atoms with van der Waals surface area (Å²) < 4.78 is 18.8. The number of nitrogens with zero attached hydrogens (tertiary/aromatic N) is 3. The standard InChI is InChI=1S/C19H15FN4O/c1-11-8-14(25-2)6-7-15(11)17-18-19(24-23-17)21-10-16(22-18)12-4-3-5-13(20)9-12/h3-10H,1-2H3,(H,21,23,24). The topological polar surface area (TPSA) is 63.7 Å². The van der Waals surface area contributed by atoms with Crippen LogP contribution in [0.5, 0.6) is 5.75 Å². The van der Waals surface area contributed by atoms with Crippen molar-refractivity contribution >= 4 is 11.2 Å². The highest BCUT2D eigenvalue weighted by atomic mass is 19.1. The predicted octanol–water partition coefficient (Wildman–Crippen LogP) is 4.14. The van der Waals surface area contributed by atoms with Crippen LogP contribution in [0.4, 0.5) is 4.39 Å². The lowest BCUT2D eigenvalue weighted by atomic mass is 10.0. The van der Waals surface area contributed by atoms with Gasteiger partial charge < -0.3 is 4.74 Å². The van der Waals surface area contributed by atoms with Gasteiger partial charge in [0.1, 0.15) is 17.1 Å². The van der Waals surface area contributed by atoms with Gasteiger partial charge in [-0.3, -0.25) is 5.10 Å². The minimum absolute atomic E-state index is 0.308. The van der Waals surface area contributed by atoms with Crippen LogP contribution in [0.3, 0.4) is 0 Å². The van der Waals surface area contributed by atoms with Gasteiger partial charge in [-0.25, -0.2) is 14.4 Å². The van der Waals surface area contributed by atoms with Crippen molar-refractivity contribution in [1.29, 1.82) is 0 Å². The van der Waals surface area contributed by atoms with Gasteiger partial charge in [-0.1, -0.05) is 12.1 Å². The van der Waals surface area contributed by atoms with Gasteiger partial charge in [0.15, 0.2) is 5.65 Å². The molecule has 4 aromatic rings. The molecule has 0 saturated carbocycles. The van der Waals surface area contributed by atoms with Crippen molar-refractivity contribution in [3.63, 3.8) is 0 Å². The van der Waals surface area contributed by atoms with E-state index in [-0.39, 0.29) is 5.82 Å². The molecule has 0 spiro atoms. The van der Waals surface area contributed by atoms with Crippen molar-refractivity contribution in [3.8, 4) is 28.3 Å². The zero-order valence-electron chi connectivity index (χ0n) is 13.7. The van der Waals surface area contributed by atoms with Crippen molar-refractivity contribution in [3.05, 3.63) is 60.0 Å². The number of ether oxygens (including phenoxy) is 1. The van der Waals surface area contributed by atoms with Gasteiger partial charge in [0.25, 0.3) is 0 Å². The summed E-state index contributed by atoms with van der Waals surface area (Å²) in [5.41, 5.74) is 5.21. The van der Waals surface area contributed by atoms with E-state index >= 15 is 0 Å². The van der Waals surface area contributed by atoms with E-state index in [0.717, 1.165) is 22.6 Å². The highest BCUT2D eigenvalue weighted by molar-refractivity contribution is 5.89. The first kappa shape index (κ1) is 15.3. The van der Waals surface area contributed by atoms with E-state index < -0.39 is 0 Å². The van der Waals surface area contributed by atoms with E-state index in [2.05, 4.69) is 20.2 Å². The lowest BCUT2D eigenvalue weighted by molar-refractivity contribution is 0.414. The van der Waals surface area contributed by atoms with E-state index in [1.807, 2.05) is 25.1 Å². The van der Waals surface area contributed by atoms with Crippen LogP contribution < -0.4 is 4.74 Å². The number of benzene rings is 2. The molecule has 0 aliphatic carbocycles. The van der Waals surface area contributed by atoms with Crippen molar-refractivity contribution < 1.29 is 9.13 Å². The fraction of sp³-hybridized carbons (Fsp3) is 0.105. The molecule has 124 valence electrons. The van der Waals surface area contributed by atoms with Crippen molar-refractivity contribution in [2.75, 3.05) is 7.11 Å². The Hall–Kier alpha value is -3.28. The highest BCUT2D eigenvalue weighted by Gasteiger charge is 2.14. The molecule has 0 unspecified atom stereocenters. The average Bonchev–Trinajstić information content (AvgIpc) is 3.04. The Morgan fingerprint density at radius 1 is 1.12 bits per heavy atom. The molecule has 2 aromatic carbocycles. The Bertz CT molecular complexity index is 1070. The van der Waals surface area contributed by atoms with E-state index in [9.17, 15) is 4.39 Å². The highest BCUT2D eigenvalue weighted by Crippen LogP contribution is 2.30. The minimum atomic E-state index is -0.308. The molecule has 0 bridgehead atoms. The molecule has 0 fully saturated rings. The molecular weight excluding hydrogens is 319 g/mol. The first-order valence-corrected chi connectivity index (χ1v) is 7.78. The maximum atomic E-state index is 13.5. The summed E-state index contributed by atoms with van der Waals surface area (Å²) in [4.78, 5) is 9.00. The number of H-pyrrole nitrogens is 1. The summed E-state index contributed by atoms with van der Waals surface area (Å²) in [6, 6.07) is 12.1. The lowest BCUT2D eigenvalue weighted by Gasteiger charge is -2.07. The Labute approximate surface area is 143 Å². The Morgan fingerprint density at radius 2 is 2.00 bits per heavy atom. The number of rotatable bonds is 3. The van der Waals surface area contributed by atoms with Crippen LogP contribution in [0.2, 0.25) is 0 Å². The molecule has 25 heavy (non-hydrogen) atoms. The summed E-state index contributed by atoms with van der Waals surface area (Å²) in [6.45, 7) is 1.99. The summed E-state index contributed by atoms with van der Waals surface area (Å²) >= 11 is 0. The second kappa shape index (κ2) is 5.98. The van der Waals surface area contributed by atoms with Crippen LogP contribution in [0.15, 0.2) is 48.7 Å². The van der Waals surface area contributed by atoms with Crippen LogP contribution in [-0.4, -0.2) is 27.3 Å². The van der Waals surface area contributed by atoms with Gasteiger partial charge in [0.2, 0.25) is 0 Å². The third kappa shape index (κ3) is 2.71. The Morgan fingerprint density at radius 3 is 2.76 bits per heavy atom. The first-order chi connectivity index (χ1) is 12.2. The maximum absolute atomic E-state index is 13.5. The third-order valence-corrected chi connectivity index (χ3v) is 4.09. The second-order valence-corrected chi connectivity index (χ2v) is 5.72. The van der Waals surface area contributed by atoms with Gasteiger partial charge in [-0.05, 0) is 42.8 Å². The number of aryl methyl sites for hydroxylation is 1. The van der Waals surface area contributed by atoms with Crippen molar-refractivity contribution in [2.24, 2.45) is 0 Å². The summed E-state index contributed by atoms with van der Waals surface area (Å²) in [7, 11) is 1.64. The molecule has 0 aliphatic rings. The van der Waals surface area contributed by atoms with E-state index in [1.165, 1.54) is 12.1 Å².